The minimum atomic E-state index is -0.0597. The van der Waals surface area contributed by atoms with Crippen LogP contribution in [0.25, 0.3) is 0 Å². The number of hydrogen-bond donors (Lipinski definition) is 0. The summed E-state index contributed by atoms with van der Waals surface area (Å²) in [5.41, 5.74) is 0.649. The fourth-order valence-corrected chi connectivity index (χ4v) is 3.32. The quantitative estimate of drug-likeness (QED) is 0.789. The van der Waals surface area contributed by atoms with E-state index >= 15 is 0 Å². The van der Waals surface area contributed by atoms with E-state index < -0.39 is 0 Å². The van der Waals surface area contributed by atoms with Crippen molar-refractivity contribution in [2.24, 2.45) is 0 Å². The normalized spacial score (nSPS) is 20.1. The van der Waals surface area contributed by atoms with Gasteiger partial charge in [0.2, 0.25) is 0 Å². The van der Waals surface area contributed by atoms with Crippen molar-refractivity contribution >= 4 is 17.5 Å². The Kier molecular flexibility index (Phi) is 4.71. The molecule has 5 heteroatoms. The van der Waals surface area contributed by atoms with Crippen LogP contribution in [0.1, 0.15) is 10.4 Å². The molecule has 0 N–H and O–H groups in total. The number of Topliss-reactive ketones (excluding diaryl/α,β-unsaturated/α-hetero) is 1. The lowest BCUT2D eigenvalue weighted by Gasteiger charge is -2.30. The number of hydrogen-bond acceptors (Lipinski definition) is 5. The molecular weight excluding hydrogens is 262 g/mol. The molecule has 1 fully saturated rings. The Morgan fingerprint density at radius 1 is 1.26 bits per heavy atom. The van der Waals surface area contributed by atoms with Crippen molar-refractivity contribution in [2.45, 2.75) is 6.04 Å². The summed E-state index contributed by atoms with van der Waals surface area (Å²) in [5.74, 6) is 3.35. The van der Waals surface area contributed by atoms with Gasteiger partial charge in [0.1, 0.15) is 11.5 Å². The summed E-state index contributed by atoms with van der Waals surface area (Å²) in [6.07, 6.45) is 0. The van der Waals surface area contributed by atoms with Crippen molar-refractivity contribution in [3.8, 4) is 11.5 Å². The Morgan fingerprint density at radius 2 is 1.89 bits per heavy atom. The Morgan fingerprint density at radius 3 is 2.42 bits per heavy atom. The van der Waals surface area contributed by atoms with Crippen LogP contribution in [0.2, 0.25) is 0 Å². The van der Waals surface area contributed by atoms with Crippen molar-refractivity contribution in [2.75, 3.05) is 39.3 Å². The van der Waals surface area contributed by atoms with E-state index in [0.717, 1.165) is 18.1 Å². The highest BCUT2D eigenvalue weighted by Gasteiger charge is 2.27. The zero-order valence-corrected chi connectivity index (χ0v) is 12.3. The average molecular weight is 281 g/mol. The molecule has 1 aliphatic heterocycles. The van der Waals surface area contributed by atoms with E-state index in [4.69, 9.17) is 9.47 Å². The Balaban J connectivity index is 2.26. The highest BCUT2D eigenvalue weighted by Crippen LogP contribution is 2.25. The number of methoxy groups -OCH3 is 2. The fourth-order valence-electron chi connectivity index (χ4n) is 2.10. The van der Waals surface area contributed by atoms with Gasteiger partial charge in [-0.15, -0.1) is 0 Å². The zero-order valence-electron chi connectivity index (χ0n) is 11.5. The lowest BCUT2D eigenvalue weighted by molar-refractivity contribution is 0.0874. The molecule has 1 aromatic rings. The van der Waals surface area contributed by atoms with Gasteiger partial charge in [0.15, 0.2) is 5.78 Å². The summed E-state index contributed by atoms with van der Waals surface area (Å²) in [7, 11) is 5.18. The molecule has 104 valence electrons. The van der Waals surface area contributed by atoms with Crippen LogP contribution in [0.4, 0.5) is 0 Å². The lowest BCUT2D eigenvalue weighted by Crippen LogP contribution is -2.44. The molecule has 0 saturated carbocycles. The molecule has 4 nitrogen and oxygen atoms in total. The van der Waals surface area contributed by atoms with Crippen LogP contribution in [-0.4, -0.2) is 56.0 Å². The largest absolute Gasteiger partial charge is 0.497 e. The van der Waals surface area contributed by atoms with Crippen LogP contribution in [0, 0.1) is 0 Å². The molecule has 0 bridgehead atoms. The van der Waals surface area contributed by atoms with Crippen molar-refractivity contribution in [3.63, 3.8) is 0 Å². The molecule has 0 amide bonds. The first-order valence-corrected chi connectivity index (χ1v) is 7.36. The summed E-state index contributed by atoms with van der Waals surface area (Å²) in [4.78, 5) is 14.7. The molecule has 1 aromatic carbocycles. The molecule has 0 spiro atoms. The van der Waals surface area contributed by atoms with Gasteiger partial charge in [0.25, 0.3) is 0 Å². The molecule has 1 unspecified atom stereocenters. The Bertz CT molecular complexity index is 442. The molecule has 1 aliphatic rings. The molecule has 1 atom stereocenters. The predicted molar refractivity (Wildman–Crippen MR) is 77.6 cm³/mol. The highest BCUT2D eigenvalue weighted by molar-refractivity contribution is 7.99. The van der Waals surface area contributed by atoms with E-state index in [1.54, 1.807) is 32.4 Å². The summed E-state index contributed by atoms with van der Waals surface area (Å²) in [6.45, 7) is 0.947. The highest BCUT2D eigenvalue weighted by atomic mass is 32.2. The SMILES string of the molecule is COc1cc(OC)cc(C(=O)C2CSCCN2C)c1. The van der Waals surface area contributed by atoms with E-state index in [1.807, 2.05) is 18.8 Å². The molecule has 1 heterocycles. The molecule has 0 aliphatic carbocycles. The second kappa shape index (κ2) is 6.30. The smallest absolute Gasteiger partial charge is 0.181 e. The molecule has 19 heavy (non-hydrogen) atoms. The van der Waals surface area contributed by atoms with Gasteiger partial charge in [0.05, 0.1) is 20.3 Å². The van der Waals surface area contributed by atoms with Gasteiger partial charge in [0, 0.05) is 29.7 Å². The van der Waals surface area contributed by atoms with Crippen molar-refractivity contribution in [3.05, 3.63) is 23.8 Å². The van der Waals surface area contributed by atoms with E-state index in [-0.39, 0.29) is 11.8 Å². The van der Waals surface area contributed by atoms with Gasteiger partial charge in [-0.05, 0) is 19.2 Å². The number of nitrogens with zero attached hydrogens (tertiary/aromatic N) is 1. The number of ketones is 1. The fraction of sp³-hybridized carbons (Fsp3) is 0.500. The molecule has 2 rings (SSSR count). The molecule has 1 saturated heterocycles. The third kappa shape index (κ3) is 3.22. The predicted octanol–water partition coefficient (Wildman–Crippen LogP) is 1.93. The van der Waals surface area contributed by atoms with Gasteiger partial charge >= 0.3 is 0 Å². The van der Waals surface area contributed by atoms with Crippen LogP contribution in [-0.2, 0) is 0 Å². The Labute approximate surface area is 118 Å². The first-order chi connectivity index (χ1) is 9.15. The zero-order chi connectivity index (χ0) is 13.8. The number of ether oxygens (including phenoxy) is 2. The number of benzene rings is 1. The lowest BCUT2D eigenvalue weighted by atomic mass is 10.0. The Hall–Kier alpha value is -1.20. The standard InChI is InChI=1S/C14H19NO3S/c1-15-4-5-19-9-13(15)14(16)10-6-11(17-2)8-12(7-10)18-3/h6-8,13H,4-5,9H2,1-3H3. The molecule has 0 radical (unpaired) electrons. The van der Waals surface area contributed by atoms with E-state index in [2.05, 4.69) is 4.90 Å². The van der Waals surface area contributed by atoms with Crippen LogP contribution < -0.4 is 9.47 Å². The molecular formula is C14H19NO3S. The van der Waals surface area contributed by atoms with Crippen molar-refractivity contribution in [1.29, 1.82) is 0 Å². The maximum atomic E-state index is 12.6. The van der Waals surface area contributed by atoms with E-state index in [1.165, 1.54) is 0 Å². The first-order valence-electron chi connectivity index (χ1n) is 6.21. The summed E-state index contributed by atoms with van der Waals surface area (Å²) < 4.78 is 10.4. The van der Waals surface area contributed by atoms with Crippen LogP contribution in [0.5, 0.6) is 11.5 Å². The number of likely N-dealkylation sites (N-methyl/N-ethyl adjacent to an activating group) is 1. The summed E-state index contributed by atoms with van der Waals surface area (Å²) in [6, 6.07) is 5.27. The van der Waals surface area contributed by atoms with Gasteiger partial charge in [-0.2, -0.15) is 11.8 Å². The monoisotopic (exact) mass is 281 g/mol. The van der Waals surface area contributed by atoms with Crippen molar-refractivity contribution < 1.29 is 14.3 Å². The second-order valence-corrected chi connectivity index (χ2v) is 5.69. The van der Waals surface area contributed by atoms with Crippen LogP contribution >= 0.6 is 11.8 Å². The first kappa shape index (κ1) is 14.2. The third-order valence-corrected chi connectivity index (χ3v) is 4.36. The second-order valence-electron chi connectivity index (χ2n) is 4.54. The maximum Gasteiger partial charge on any atom is 0.181 e. The van der Waals surface area contributed by atoms with Crippen LogP contribution in [0.3, 0.4) is 0 Å². The minimum absolute atomic E-state index is 0.0597. The number of rotatable bonds is 4. The third-order valence-electron chi connectivity index (χ3n) is 3.33. The van der Waals surface area contributed by atoms with Gasteiger partial charge < -0.3 is 9.47 Å². The van der Waals surface area contributed by atoms with Gasteiger partial charge in [-0.25, -0.2) is 0 Å². The average Bonchev–Trinajstić information content (AvgIpc) is 2.46. The number of carbonyl (C=O) groups is 1. The van der Waals surface area contributed by atoms with Gasteiger partial charge in [-0.1, -0.05) is 0 Å². The van der Waals surface area contributed by atoms with E-state index in [0.29, 0.717) is 17.1 Å². The van der Waals surface area contributed by atoms with Crippen molar-refractivity contribution in [1.82, 2.24) is 4.90 Å². The van der Waals surface area contributed by atoms with Gasteiger partial charge in [-0.3, -0.25) is 9.69 Å². The minimum Gasteiger partial charge on any atom is -0.497 e. The maximum absolute atomic E-state index is 12.6. The summed E-state index contributed by atoms with van der Waals surface area (Å²) >= 11 is 1.82. The van der Waals surface area contributed by atoms with E-state index in [9.17, 15) is 4.79 Å². The van der Waals surface area contributed by atoms with Crippen LogP contribution in [0.15, 0.2) is 18.2 Å². The number of thioether (sulfide) groups is 1. The number of carbonyl (C=O) groups excluding carboxylic acids is 1. The topological polar surface area (TPSA) is 38.8 Å². The summed E-state index contributed by atoms with van der Waals surface area (Å²) in [5, 5.41) is 0. The molecule has 0 aromatic heterocycles.